The molecule has 2 atom stereocenters. The first-order valence-corrected chi connectivity index (χ1v) is 13.6. The molecule has 4 rings (SSSR count). The number of aromatic hydroxyl groups is 4. The molecule has 10 N–H and O–H groups in total. The van der Waals surface area contributed by atoms with Crippen molar-refractivity contribution >= 4 is 10.4 Å². The molecule has 0 spiro atoms. The van der Waals surface area contributed by atoms with Gasteiger partial charge in [-0.2, -0.15) is 8.42 Å². The van der Waals surface area contributed by atoms with Gasteiger partial charge >= 0.3 is 10.4 Å². The van der Waals surface area contributed by atoms with Crippen LogP contribution < -0.4 is 0 Å². The normalized spacial score (nSPS) is 19.6. The van der Waals surface area contributed by atoms with E-state index in [0.29, 0.717) is 48.4 Å². The Balaban J connectivity index is 0.000000336. The van der Waals surface area contributed by atoms with Crippen LogP contribution in [0.5, 0.6) is 23.0 Å². The molecule has 0 saturated carbocycles. The van der Waals surface area contributed by atoms with Crippen molar-refractivity contribution in [3.63, 3.8) is 0 Å². The number of aliphatic hydroxyl groups is 2. The van der Waals surface area contributed by atoms with Gasteiger partial charge < -0.3 is 36.1 Å². The molecular weight excluding hydrogens is 548 g/mol. The Morgan fingerprint density at radius 1 is 0.675 bits per heavy atom. The predicted molar refractivity (Wildman–Crippen MR) is 148 cm³/mol. The third-order valence-corrected chi connectivity index (χ3v) is 6.59. The minimum Gasteiger partial charge on any atom is -0.508 e. The van der Waals surface area contributed by atoms with Crippen molar-refractivity contribution in [3.8, 4) is 23.0 Å². The second-order valence-corrected chi connectivity index (χ2v) is 12.5. The van der Waals surface area contributed by atoms with Gasteiger partial charge in [0.25, 0.3) is 0 Å². The summed E-state index contributed by atoms with van der Waals surface area (Å²) in [5.74, 6) is 0.0787. The number of β-amino-alcohol motifs (C(OH)–C–C–N with tert-alkyl or cyclic N) is 2. The summed E-state index contributed by atoms with van der Waals surface area (Å²) in [6.07, 6.45) is -1.34. The zero-order chi connectivity index (χ0) is 30.1. The molecule has 2 aromatic rings. The average molecular weight is 591 g/mol. The van der Waals surface area contributed by atoms with Crippen LogP contribution in [0.2, 0.25) is 0 Å². The highest BCUT2D eigenvalue weighted by molar-refractivity contribution is 7.79. The summed E-state index contributed by atoms with van der Waals surface area (Å²) in [6, 6.07) is 5.69. The van der Waals surface area contributed by atoms with Crippen molar-refractivity contribution < 1.29 is 53.6 Å². The molecule has 228 valence electrons. The molecule has 40 heavy (non-hydrogen) atoms. The minimum atomic E-state index is -4.67. The van der Waals surface area contributed by atoms with Crippen LogP contribution in [0.1, 0.15) is 76.0 Å². The second kappa shape index (κ2) is 12.9. The van der Waals surface area contributed by atoms with Crippen LogP contribution >= 0.6 is 0 Å². The van der Waals surface area contributed by atoms with E-state index in [0.717, 1.165) is 0 Å². The molecular formula is C26H42N2O11S. The predicted octanol–water partition coefficient (Wildman–Crippen LogP) is 2.01. The molecule has 2 heterocycles. The van der Waals surface area contributed by atoms with Gasteiger partial charge in [0.1, 0.15) is 23.0 Å². The fraction of sp³-hybridized carbons (Fsp3) is 0.538. The van der Waals surface area contributed by atoms with Crippen LogP contribution in [-0.4, -0.2) is 87.6 Å². The highest BCUT2D eigenvalue weighted by Crippen LogP contribution is 2.39. The molecule has 0 amide bonds. The number of hydrogen-bond donors (Lipinski definition) is 8. The van der Waals surface area contributed by atoms with Gasteiger partial charge in [-0.1, -0.05) is 0 Å². The lowest BCUT2D eigenvalue weighted by Gasteiger charge is -2.41. The van der Waals surface area contributed by atoms with Gasteiger partial charge in [-0.15, -0.1) is 0 Å². The van der Waals surface area contributed by atoms with Gasteiger partial charge in [-0.3, -0.25) is 18.9 Å². The maximum absolute atomic E-state index is 10.1. The van der Waals surface area contributed by atoms with Gasteiger partial charge in [0.2, 0.25) is 0 Å². The number of fused-ring (bicyclic) bond motifs is 2. The molecule has 13 nitrogen and oxygen atoms in total. The van der Waals surface area contributed by atoms with Crippen molar-refractivity contribution in [2.24, 2.45) is 0 Å². The molecule has 0 aromatic heterocycles. The van der Waals surface area contributed by atoms with E-state index in [-0.39, 0.29) is 39.6 Å². The summed E-state index contributed by atoms with van der Waals surface area (Å²) in [6.45, 7) is 14.6. The smallest absolute Gasteiger partial charge is 0.394 e. The minimum absolute atomic E-state index is 0. The SMILES string of the molecule is CC(C)(C)N1Cc2c(O)cc(O)cc2C(O)C1.CC(C)(C)N1Cc2c(O)cc(O)cc2C(O)C1.O.O=S(=O)(O)O. The Hall–Kier alpha value is -2.69. The van der Waals surface area contributed by atoms with E-state index in [2.05, 4.69) is 51.3 Å². The van der Waals surface area contributed by atoms with Gasteiger partial charge in [-0.25, -0.2) is 0 Å². The van der Waals surface area contributed by atoms with Crippen LogP contribution in [0.4, 0.5) is 0 Å². The standard InChI is InChI=1S/2C13H19NO3.H2O4S.H2O/c2*1-13(2,3)14-6-10-9(12(17)7-14)4-8(15)5-11(10)16;1-5(2,3)4;/h2*4-5,12,15-17H,6-7H2,1-3H3;(H2,1,2,3,4);1H2. The van der Waals surface area contributed by atoms with E-state index in [4.69, 9.17) is 17.5 Å². The third-order valence-electron chi connectivity index (χ3n) is 6.59. The number of nitrogens with zero attached hydrogens (tertiary/aromatic N) is 2. The first-order valence-electron chi connectivity index (χ1n) is 12.2. The zero-order valence-corrected chi connectivity index (χ0v) is 24.3. The van der Waals surface area contributed by atoms with E-state index in [1.54, 1.807) is 0 Å². The fourth-order valence-electron chi connectivity index (χ4n) is 4.41. The molecule has 2 aromatic carbocycles. The Morgan fingerprint density at radius 3 is 1.20 bits per heavy atom. The maximum atomic E-state index is 10.1. The van der Waals surface area contributed by atoms with Crippen molar-refractivity contribution in [3.05, 3.63) is 46.5 Å². The Kier molecular flexibility index (Phi) is 11.4. The summed E-state index contributed by atoms with van der Waals surface area (Å²) in [5, 5.41) is 58.7. The van der Waals surface area contributed by atoms with Crippen molar-refractivity contribution in [1.29, 1.82) is 0 Å². The van der Waals surface area contributed by atoms with Crippen LogP contribution in [0.15, 0.2) is 24.3 Å². The van der Waals surface area contributed by atoms with Gasteiger partial charge in [-0.05, 0) is 64.8 Å². The highest BCUT2D eigenvalue weighted by Gasteiger charge is 2.33. The molecule has 0 saturated heterocycles. The quantitative estimate of drug-likeness (QED) is 0.206. The first-order chi connectivity index (χ1) is 17.6. The van der Waals surface area contributed by atoms with Crippen LogP contribution in [0, 0.1) is 0 Å². The number of aliphatic hydroxyl groups excluding tert-OH is 2. The maximum Gasteiger partial charge on any atom is 0.394 e. The monoisotopic (exact) mass is 590 g/mol. The Labute approximate surface area is 234 Å². The lowest BCUT2D eigenvalue weighted by atomic mass is 9.92. The molecule has 2 unspecified atom stereocenters. The molecule has 0 fully saturated rings. The molecule has 2 aliphatic rings. The lowest BCUT2D eigenvalue weighted by molar-refractivity contribution is 0.0363. The summed E-state index contributed by atoms with van der Waals surface area (Å²) in [5.41, 5.74) is 2.53. The number of rotatable bonds is 0. The summed E-state index contributed by atoms with van der Waals surface area (Å²) in [4.78, 5) is 4.22. The van der Waals surface area contributed by atoms with E-state index in [1.807, 2.05) is 0 Å². The first kappa shape index (κ1) is 35.3. The Morgan fingerprint density at radius 2 is 0.950 bits per heavy atom. The summed E-state index contributed by atoms with van der Waals surface area (Å²) < 4.78 is 31.6. The molecule has 0 radical (unpaired) electrons. The van der Waals surface area contributed by atoms with Gasteiger partial charge in [0.05, 0.1) is 12.2 Å². The second-order valence-electron chi connectivity index (χ2n) is 11.6. The highest BCUT2D eigenvalue weighted by atomic mass is 32.3. The van der Waals surface area contributed by atoms with Gasteiger partial charge in [0.15, 0.2) is 0 Å². The number of phenols is 4. The third kappa shape index (κ3) is 9.74. The lowest BCUT2D eigenvalue weighted by Crippen LogP contribution is -2.45. The molecule has 0 bridgehead atoms. The average Bonchev–Trinajstić information content (AvgIpc) is 2.73. The van der Waals surface area contributed by atoms with Crippen molar-refractivity contribution in [1.82, 2.24) is 9.80 Å². The van der Waals surface area contributed by atoms with E-state index in [9.17, 15) is 30.6 Å². The number of hydrogen-bond acceptors (Lipinski definition) is 10. The summed E-state index contributed by atoms with van der Waals surface area (Å²) >= 11 is 0. The van der Waals surface area contributed by atoms with Crippen molar-refractivity contribution in [2.45, 2.75) is 77.9 Å². The molecule has 14 heteroatoms. The van der Waals surface area contributed by atoms with Crippen LogP contribution in [0.25, 0.3) is 0 Å². The molecule has 0 aliphatic carbocycles. The number of benzene rings is 2. The largest absolute Gasteiger partial charge is 0.508 e. The van der Waals surface area contributed by atoms with E-state index in [1.165, 1.54) is 24.3 Å². The number of phenolic OH excluding ortho intramolecular Hbond substituents is 4. The Bertz CT molecular complexity index is 1180. The summed E-state index contributed by atoms with van der Waals surface area (Å²) in [7, 11) is -4.67. The van der Waals surface area contributed by atoms with Crippen molar-refractivity contribution in [2.75, 3.05) is 13.1 Å². The van der Waals surface area contributed by atoms with Crippen LogP contribution in [-0.2, 0) is 23.5 Å². The fourth-order valence-corrected chi connectivity index (χ4v) is 4.41. The zero-order valence-electron chi connectivity index (χ0n) is 23.5. The van der Waals surface area contributed by atoms with Crippen LogP contribution in [0.3, 0.4) is 0 Å². The molecule has 2 aliphatic heterocycles. The van der Waals surface area contributed by atoms with E-state index < -0.39 is 22.6 Å². The van der Waals surface area contributed by atoms with E-state index >= 15 is 0 Å². The topological polar surface area (TPSA) is 234 Å². The van der Waals surface area contributed by atoms with Gasteiger partial charge in [0, 0.05) is 60.5 Å².